The fraction of sp³-hybridized carbons (Fsp3) is 0.458. The zero-order chi connectivity index (χ0) is 21.6. The predicted molar refractivity (Wildman–Crippen MR) is 120 cm³/mol. The minimum atomic E-state index is 0.0356. The Kier molecular flexibility index (Phi) is 6.94. The second kappa shape index (κ2) is 10.0. The highest BCUT2D eigenvalue weighted by atomic mass is 16.5. The Morgan fingerprint density at radius 1 is 1.13 bits per heavy atom. The minimum absolute atomic E-state index is 0.0356. The molecule has 7 heteroatoms. The van der Waals surface area contributed by atoms with Crippen molar-refractivity contribution in [3.05, 3.63) is 48.0 Å². The number of amides is 1. The Labute approximate surface area is 183 Å². The van der Waals surface area contributed by atoms with E-state index < -0.39 is 0 Å². The standard InChI is InChI=1S/C24H31N3O4/c1-29-20-9-10-21(23(16-20)30-2)22-4-3-11-27(22)17-24(28)25-18-5-7-19(8-6-18)26-12-14-31-15-13-26/h5-10,16,22H,3-4,11-15,17H2,1-2H3,(H,25,28)/p+1/t22-/m0/s1. The zero-order valence-electron chi connectivity index (χ0n) is 18.4. The van der Waals surface area contributed by atoms with Gasteiger partial charge in [-0.3, -0.25) is 4.79 Å². The van der Waals surface area contributed by atoms with Gasteiger partial charge in [-0.05, 0) is 36.4 Å². The molecule has 0 aliphatic carbocycles. The van der Waals surface area contributed by atoms with E-state index in [1.54, 1.807) is 14.2 Å². The van der Waals surface area contributed by atoms with E-state index in [0.29, 0.717) is 6.54 Å². The molecule has 4 rings (SSSR count). The van der Waals surface area contributed by atoms with Gasteiger partial charge in [-0.1, -0.05) is 0 Å². The van der Waals surface area contributed by atoms with Crippen molar-refractivity contribution >= 4 is 17.3 Å². The number of quaternary nitrogens is 1. The molecule has 166 valence electrons. The maximum atomic E-state index is 12.8. The van der Waals surface area contributed by atoms with Crippen molar-refractivity contribution in [2.24, 2.45) is 0 Å². The molecule has 2 aromatic carbocycles. The molecule has 0 saturated carbocycles. The third kappa shape index (κ3) is 5.11. The fourth-order valence-electron chi connectivity index (χ4n) is 4.59. The van der Waals surface area contributed by atoms with Crippen LogP contribution in [0.25, 0.3) is 0 Å². The number of nitrogens with zero attached hydrogens (tertiary/aromatic N) is 1. The van der Waals surface area contributed by atoms with Gasteiger partial charge >= 0.3 is 0 Å². The number of hydrogen-bond donors (Lipinski definition) is 2. The number of likely N-dealkylation sites (tertiary alicyclic amines) is 1. The van der Waals surface area contributed by atoms with E-state index in [1.165, 1.54) is 4.90 Å². The van der Waals surface area contributed by atoms with E-state index in [4.69, 9.17) is 14.2 Å². The molecular formula is C24H32N3O4+. The van der Waals surface area contributed by atoms with Gasteiger partial charge in [0.15, 0.2) is 6.54 Å². The molecule has 2 aliphatic rings. The summed E-state index contributed by atoms with van der Waals surface area (Å²) in [6.45, 7) is 4.74. The van der Waals surface area contributed by atoms with Gasteiger partial charge in [0.05, 0.1) is 39.5 Å². The molecule has 31 heavy (non-hydrogen) atoms. The minimum Gasteiger partial charge on any atom is -0.497 e. The van der Waals surface area contributed by atoms with Crippen molar-refractivity contribution in [1.82, 2.24) is 0 Å². The van der Waals surface area contributed by atoms with Gasteiger partial charge in [0.1, 0.15) is 17.5 Å². The first kappa shape index (κ1) is 21.5. The van der Waals surface area contributed by atoms with E-state index in [9.17, 15) is 4.79 Å². The lowest BCUT2D eigenvalue weighted by atomic mass is 10.0. The number of benzene rings is 2. The third-order valence-electron chi connectivity index (χ3n) is 6.21. The number of nitrogens with one attached hydrogen (secondary N) is 2. The van der Waals surface area contributed by atoms with E-state index >= 15 is 0 Å². The van der Waals surface area contributed by atoms with Gasteiger partial charge < -0.3 is 29.3 Å². The highest BCUT2D eigenvalue weighted by molar-refractivity contribution is 5.91. The molecule has 2 atom stereocenters. The molecule has 0 spiro atoms. The molecular weight excluding hydrogens is 394 g/mol. The second-order valence-corrected chi connectivity index (χ2v) is 8.08. The van der Waals surface area contributed by atoms with Gasteiger partial charge in [-0.15, -0.1) is 0 Å². The Bertz CT molecular complexity index is 881. The van der Waals surface area contributed by atoms with Crippen LogP contribution in [0.5, 0.6) is 11.5 Å². The lowest BCUT2D eigenvalue weighted by Crippen LogP contribution is -3.11. The lowest BCUT2D eigenvalue weighted by Gasteiger charge is -2.29. The molecule has 0 radical (unpaired) electrons. The van der Waals surface area contributed by atoms with Crippen molar-refractivity contribution in [2.45, 2.75) is 18.9 Å². The van der Waals surface area contributed by atoms with Gasteiger partial charge in [-0.25, -0.2) is 0 Å². The molecule has 2 fully saturated rings. The summed E-state index contributed by atoms with van der Waals surface area (Å²) in [5.74, 6) is 1.63. The number of anilines is 2. The Balaban J connectivity index is 1.38. The van der Waals surface area contributed by atoms with Crippen LogP contribution in [0.2, 0.25) is 0 Å². The maximum Gasteiger partial charge on any atom is 0.279 e. The molecule has 2 heterocycles. The lowest BCUT2D eigenvalue weighted by molar-refractivity contribution is -0.910. The Morgan fingerprint density at radius 2 is 1.90 bits per heavy atom. The number of methoxy groups -OCH3 is 2. The topological polar surface area (TPSA) is 64.5 Å². The normalized spacial score (nSPS) is 21.0. The van der Waals surface area contributed by atoms with Crippen LogP contribution in [0.15, 0.2) is 42.5 Å². The first-order valence-corrected chi connectivity index (χ1v) is 11.0. The van der Waals surface area contributed by atoms with Crippen LogP contribution in [0.3, 0.4) is 0 Å². The molecule has 2 aromatic rings. The first-order chi connectivity index (χ1) is 15.2. The van der Waals surface area contributed by atoms with Gasteiger partial charge in [0.25, 0.3) is 5.91 Å². The predicted octanol–water partition coefficient (Wildman–Crippen LogP) is 1.90. The average molecular weight is 427 g/mol. The summed E-state index contributed by atoms with van der Waals surface area (Å²) in [5.41, 5.74) is 3.13. The van der Waals surface area contributed by atoms with Crippen molar-refractivity contribution in [1.29, 1.82) is 0 Å². The first-order valence-electron chi connectivity index (χ1n) is 11.0. The summed E-state index contributed by atoms with van der Waals surface area (Å²) in [6, 6.07) is 14.3. The second-order valence-electron chi connectivity index (χ2n) is 8.08. The van der Waals surface area contributed by atoms with E-state index in [0.717, 1.165) is 74.1 Å². The number of carbonyl (C=O) groups is 1. The van der Waals surface area contributed by atoms with E-state index in [2.05, 4.69) is 28.4 Å². The molecule has 1 amide bonds. The molecule has 0 aromatic heterocycles. The van der Waals surface area contributed by atoms with Crippen LogP contribution in [-0.4, -0.2) is 59.5 Å². The maximum absolute atomic E-state index is 12.8. The number of rotatable bonds is 7. The summed E-state index contributed by atoms with van der Waals surface area (Å²) >= 11 is 0. The largest absolute Gasteiger partial charge is 0.497 e. The third-order valence-corrected chi connectivity index (χ3v) is 6.21. The van der Waals surface area contributed by atoms with Gasteiger partial charge in [0, 0.05) is 43.4 Å². The number of ether oxygens (including phenoxy) is 3. The Morgan fingerprint density at radius 3 is 2.61 bits per heavy atom. The molecule has 0 bridgehead atoms. The zero-order valence-corrected chi connectivity index (χ0v) is 18.4. The number of morpholine rings is 1. The summed E-state index contributed by atoms with van der Waals surface area (Å²) in [4.78, 5) is 16.3. The van der Waals surface area contributed by atoms with Gasteiger partial charge in [-0.2, -0.15) is 0 Å². The SMILES string of the molecule is COc1ccc([C@@H]2CCC[NH+]2CC(=O)Nc2ccc(N3CCOCC3)cc2)c(OC)c1. The molecule has 2 aliphatic heterocycles. The van der Waals surface area contributed by atoms with Crippen molar-refractivity contribution < 1.29 is 23.9 Å². The van der Waals surface area contributed by atoms with Crippen LogP contribution in [-0.2, 0) is 9.53 Å². The summed E-state index contributed by atoms with van der Waals surface area (Å²) in [5, 5.41) is 3.06. The molecule has 2 saturated heterocycles. The smallest absolute Gasteiger partial charge is 0.279 e. The monoisotopic (exact) mass is 426 g/mol. The van der Waals surface area contributed by atoms with Crippen LogP contribution in [0.1, 0.15) is 24.4 Å². The van der Waals surface area contributed by atoms with Crippen LogP contribution >= 0.6 is 0 Å². The summed E-state index contributed by atoms with van der Waals surface area (Å²) < 4.78 is 16.3. The fourth-order valence-corrected chi connectivity index (χ4v) is 4.59. The quantitative estimate of drug-likeness (QED) is 0.708. The number of carbonyl (C=O) groups excluding carboxylic acids is 1. The highest BCUT2D eigenvalue weighted by Gasteiger charge is 2.33. The van der Waals surface area contributed by atoms with Crippen molar-refractivity contribution in [3.63, 3.8) is 0 Å². The molecule has 1 unspecified atom stereocenters. The molecule has 2 N–H and O–H groups in total. The van der Waals surface area contributed by atoms with Crippen molar-refractivity contribution in [3.8, 4) is 11.5 Å². The van der Waals surface area contributed by atoms with Crippen LogP contribution in [0, 0.1) is 0 Å². The van der Waals surface area contributed by atoms with Crippen LogP contribution < -0.4 is 24.6 Å². The van der Waals surface area contributed by atoms with Crippen molar-refractivity contribution in [2.75, 3.05) is 63.8 Å². The highest BCUT2D eigenvalue weighted by Crippen LogP contribution is 2.31. The Hall–Kier alpha value is -2.77. The van der Waals surface area contributed by atoms with E-state index in [1.807, 2.05) is 24.3 Å². The molecule has 7 nitrogen and oxygen atoms in total. The summed E-state index contributed by atoms with van der Waals surface area (Å²) in [6.07, 6.45) is 2.14. The van der Waals surface area contributed by atoms with Crippen LogP contribution in [0.4, 0.5) is 11.4 Å². The number of hydrogen-bond acceptors (Lipinski definition) is 5. The summed E-state index contributed by atoms with van der Waals surface area (Å²) in [7, 11) is 3.33. The van der Waals surface area contributed by atoms with Gasteiger partial charge in [0.2, 0.25) is 0 Å². The average Bonchev–Trinajstić information content (AvgIpc) is 3.27. The van der Waals surface area contributed by atoms with E-state index in [-0.39, 0.29) is 11.9 Å².